The van der Waals surface area contributed by atoms with E-state index in [-0.39, 0.29) is 5.56 Å². The molecule has 0 aliphatic carbocycles. The molecule has 4 aromatic rings. The molecular weight excluding hydrogens is 442 g/mol. The van der Waals surface area contributed by atoms with Gasteiger partial charge in [0.15, 0.2) is 0 Å². The number of hydrogen-bond donors (Lipinski definition) is 0. The Bertz CT molecular complexity index is 1600. The summed E-state index contributed by atoms with van der Waals surface area (Å²) < 4.78 is 11.7. The minimum Gasteiger partial charge on any atom is -0.398 e. The van der Waals surface area contributed by atoms with Crippen LogP contribution in [0.2, 0.25) is 0 Å². The molecular formula is C28H28N3O2S+. The number of aryl methyl sites for hydroxylation is 1. The van der Waals surface area contributed by atoms with Crippen molar-refractivity contribution >= 4 is 45.8 Å². The Balaban J connectivity index is 1.63. The topological polar surface area (TPSA) is 42.3 Å². The van der Waals surface area contributed by atoms with Gasteiger partial charge >= 0.3 is 5.89 Å². The second-order valence-corrected chi connectivity index (χ2v) is 9.12. The zero-order valence-corrected chi connectivity index (χ0v) is 20.5. The molecule has 5 rings (SSSR count). The van der Waals surface area contributed by atoms with E-state index in [1.165, 1.54) is 22.6 Å². The van der Waals surface area contributed by atoms with Gasteiger partial charge in [0.25, 0.3) is 11.1 Å². The number of anilines is 1. The van der Waals surface area contributed by atoms with E-state index in [0.717, 1.165) is 40.3 Å². The Hall–Kier alpha value is -3.64. The van der Waals surface area contributed by atoms with Gasteiger partial charge in [0, 0.05) is 36.6 Å². The third-order valence-corrected chi connectivity index (χ3v) is 7.24. The van der Waals surface area contributed by atoms with Gasteiger partial charge in [0.05, 0.1) is 10.6 Å². The minimum atomic E-state index is 0.0259. The average molecular weight is 471 g/mol. The summed E-state index contributed by atoms with van der Waals surface area (Å²) in [6.07, 6.45) is 10.2. The van der Waals surface area contributed by atoms with Crippen molar-refractivity contribution in [1.82, 2.24) is 4.57 Å². The molecule has 0 unspecified atom stereocenters. The van der Waals surface area contributed by atoms with Crippen molar-refractivity contribution < 1.29 is 8.98 Å². The Labute approximate surface area is 202 Å². The SMILES string of the molecule is CCN1C=C/C(=C/C=c2\s/c(=C/c3oc4ccccc4[n+]3CC)n(CC)c2=O)c2ccccc21. The molecule has 0 amide bonds. The van der Waals surface area contributed by atoms with Crippen LogP contribution in [0.3, 0.4) is 0 Å². The first-order valence-corrected chi connectivity index (χ1v) is 12.5. The van der Waals surface area contributed by atoms with Gasteiger partial charge in [-0.15, -0.1) is 11.3 Å². The van der Waals surface area contributed by atoms with E-state index in [0.29, 0.717) is 11.1 Å². The highest BCUT2D eigenvalue weighted by Crippen LogP contribution is 2.32. The lowest BCUT2D eigenvalue weighted by Gasteiger charge is -2.26. The summed E-state index contributed by atoms with van der Waals surface area (Å²) in [7, 11) is 0. The van der Waals surface area contributed by atoms with Gasteiger partial charge in [-0.1, -0.05) is 36.4 Å². The van der Waals surface area contributed by atoms with Crippen molar-refractivity contribution in [1.29, 1.82) is 0 Å². The molecule has 3 heterocycles. The summed E-state index contributed by atoms with van der Waals surface area (Å²) in [5.41, 5.74) is 5.39. The Kier molecular flexibility index (Phi) is 6.07. The highest BCUT2D eigenvalue weighted by molar-refractivity contribution is 7.07. The Morgan fingerprint density at radius 1 is 1.00 bits per heavy atom. The predicted molar refractivity (Wildman–Crippen MR) is 140 cm³/mol. The second-order valence-electron chi connectivity index (χ2n) is 8.06. The van der Waals surface area contributed by atoms with Crippen LogP contribution < -0.4 is 24.2 Å². The highest BCUT2D eigenvalue weighted by Gasteiger charge is 2.19. The quantitative estimate of drug-likeness (QED) is 0.414. The Morgan fingerprint density at radius 3 is 2.59 bits per heavy atom. The summed E-state index contributed by atoms with van der Waals surface area (Å²) in [4.78, 5) is 15.4. The van der Waals surface area contributed by atoms with Gasteiger partial charge in [-0.25, -0.2) is 0 Å². The first kappa shape index (κ1) is 22.2. The molecule has 0 atom stereocenters. The first-order chi connectivity index (χ1) is 16.6. The minimum absolute atomic E-state index is 0.0259. The first-order valence-electron chi connectivity index (χ1n) is 11.7. The summed E-state index contributed by atoms with van der Waals surface area (Å²) in [5.74, 6) is 0.751. The van der Waals surface area contributed by atoms with E-state index in [1.807, 2.05) is 47.9 Å². The maximum atomic E-state index is 13.2. The number of para-hydroxylation sites is 3. The maximum Gasteiger partial charge on any atom is 0.377 e. The number of rotatable bonds is 5. The van der Waals surface area contributed by atoms with Gasteiger partial charge in [-0.2, -0.15) is 4.57 Å². The number of aromatic nitrogens is 2. The number of thiazole rings is 1. The van der Waals surface area contributed by atoms with Crippen LogP contribution in [0.15, 0.2) is 76.1 Å². The van der Waals surface area contributed by atoms with Crippen LogP contribution in [0, 0.1) is 0 Å². The fraction of sp³-hybridized carbons (Fsp3) is 0.214. The fourth-order valence-electron chi connectivity index (χ4n) is 4.44. The molecule has 0 spiro atoms. The van der Waals surface area contributed by atoms with Gasteiger partial charge in [-0.05, 0) is 50.6 Å². The van der Waals surface area contributed by atoms with Gasteiger partial charge in [0.1, 0.15) is 11.2 Å². The molecule has 0 saturated heterocycles. The standard InChI is InChI=1S/C28H28N3O2S/c1-4-29-18-17-20(21-11-7-8-12-22(21)29)15-16-25-28(32)31(6-3)27(34-25)19-26-30(5-2)23-13-9-10-14-24(23)33-26/h7-19H,4-6H2,1-3H3/q+1/b20-15-,25-16-. The van der Waals surface area contributed by atoms with Crippen molar-refractivity contribution in [3.05, 3.63) is 97.9 Å². The molecule has 0 fully saturated rings. The summed E-state index contributed by atoms with van der Waals surface area (Å²) in [6.45, 7) is 8.54. The van der Waals surface area contributed by atoms with Crippen LogP contribution >= 0.6 is 11.3 Å². The largest absolute Gasteiger partial charge is 0.398 e. The van der Waals surface area contributed by atoms with Crippen LogP contribution in [0.25, 0.3) is 28.8 Å². The summed E-state index contributed by atoms with van der Waals surface area (Å²) in [6, 6.07) is 16.4. The van der Waals surface area contributed by atoms with Gasteiger partial charge < -0.3 is 9.32 Å². The van der Waals surface area contributed by atoms with E-state index in [1.54, 1.807) is 0 Å². The van der Waals surface area contributed by atoms with Crippen LogP contribution in [0.1, 0.15) is 32.2 Å². The molecule has 0 radical (unpaired) electrons. The smallest absolute Gasteiger partial charge is 0.377 e. The number of nitrogens with zero attached hydrogens (tertiary/aromatic N) is 3. The Morgan fingerprint density at radius 2 is 1.79 bits per heavy atom. The van der Waals surface area contributed by atoms with Crippen molar-refractivity contribution in [2.24, 2.45) is 0 Å². The lowest BCUT2D eigenvalue weighted by molar-refractivity contribution is -0.674. The average Bonchev–Trinajstić information content (AvgIpc) is 3.38. The molecule has 6 heteroatoms. The lowest BCUT2D eigenvalue weighted by Crippen LogP contribution is -2.35. The summed E-state index contributed by atoms with van der Waals surface area (Å²) >= 11 is 1.50. The zero-order valence-electron chi connectivity index (χ0n) is 19.7. The van der Waals surface area contributed by atoms with E-state index >= 15 is 0 Å². The predicted octanol–water partition coefficient (Wildman–Crippen LogP) is 4.03. The second kappa shape index (κ2) is 9.31. The van der Waals surface area contributed by atoms with Crippen LogP contribution in [0.5, 0.6) is 0 Å². The molecule has 1 aliphatic heterocycles. The molecule has 5 nitrogen and oxygen atoms in total. The highest BCUT2D eigenvalue weighted by atomic mass is 32.1. The molecule has 2 aromatic heterocycles. The third-order valence-electron chi connectivity index (χ3n) is 6.17. The molecule has 0 saturated carbocycles. The number of oxazole rings is 1. The van der Waals surface area contributed by atoms with E-state index in [2.05, 4.69) is 65.9 Å². The summed E-state index contributed by atoms with van der Waals surface area (Å²) in [5, 5.41) is 0. The number of allylic oxidation sites excluding steroid dienone is 3. The van der Waals surface area contributed by atoms with E-state index in [9.17, 15) is 4.79 Å². The van der Waals surface area contributed by atoms with Crippen molar-refractivity contribution in [3.8, 4) is 0 Å². The molecule has 1 aliphatic rings. The van der Waals surface area contributed by atoms with Gasteiger partial charge in [-0.3, -0.25) is 9.36 Å². The number of benzene rings is 2. The molecule has 0 bridgehead atoms. The van der Waals surface area contributed by atoms with Crippen LogP contribution in [-0.2, 0) is 13.1 Å². The fourth-order valence-corrected chi connectivity index (χ4v) is 5.48. The normalized spacial score (nSPS) is 15.6. The molecule has 2 aromatic carbocycles. The molecule has 0 N–H and O–H groups in total. The van der Waals surface area contributed by atoms with Crippen molar-refractivity contribution in [2.75, 3.05) is 11.4 Å². The zero-order chi connectivity index (χ0) is 23.7. The van der Waals surface area contributed by atoms with E-state index < -0.39 is 0 Å². The van der Waals surface area contributed by atoms with Crippen molar-refractivity contribution in [3.63, 3.8) is 0 Å². The monoisotopic (exact) mass is 470 g/mol. The maximum absolute atomic E-state index is 13.2. The van der Waals surface area contributed by atoms with E-state index in [4.69, 9.17) is 4.42 Å². The van der Waals surface area contributed by atoms with Crippen molar-refractivity contribution in [2.45, 2.75) is 33.9 Å². The number of fused-ring (bicyclic) bond motifs is 2. The third kappa shape index (κ3) is 3.84. The molecule has 34 heavy (non-hydrogen) atoms. The lowest BCUT2D eigenvalue weighted by atomic mass is 9.99. The number of hydrogen-bond acceptors (Lipinski definition) is 4. The van der Waals surface area contributed by atoms with Crippen LogP contribution in [0.4, 0.5) is 5.69 Å². The molecule has 172 valence electrons. The van der Waals surface area contributed by atoms with Crippen LogP contribution in [-0.4, -0.2) is 11.1 Å². The van der Waals surface area contributed by atoms with Gasteiger partial charge in [0.2, 0.25) is 5.58 Å².